The van der Waals surface area contributed by atoms with E-state index in [0.29, 0.717) is 0 Å². The van der Waals surface area contributed by atoms with E-state index < -0.39 is 0 Å². The Morgan fingerprint density at radius 2 is 2.15 bits per heavy atom. The van der Waals surface area contributed by atoms with Gasteiger partial charge < -0.3 is 9.80 Å². The van der Waals surface area contributed by atoms with Gasteiger partial charge in [0.1, 0.15) is 5.84 Å². The standard InChI is InChI=1S/C10H17N3/c1-12-6-3-4-9(12)8-10-11-5-7-13(10)2/h4H,3,5-8H2,1-2H3. The molecule has 0 saturated heterocycles. The average Bonchev–Trinajstić information content (AvgIpc) is 2.65. The average molecular weight is 179 g/mol. The third kappa shape index (κ3) is 1.69. The number of amidine groups is 1. The molecule has 2 heterocycles. The molecule has 2 rings (SSSR count). The van der Waals surface area contributed by atoms with Gasteiger partial charge in [0.15, 0.2) is 0 Å². The fourth-order valence-electron chi connectivity index (χ4n) is 1.86. The minimum Gasteiger partial charge on any atom is -0.377 e. The SMILES string of the molecule is CN1CCC=C1CC1=NCCN1C. The third-order valence-corrected chi connectivity index (χ3v) is 2.84. The minimum absolute atomic E-state index is 0.975. The number of hydrogen-bond acceptors (Lipinski definition) is 3. The van der Waals surface area contributed by atoms with E-state index in [1.165, 1.54) is 24.5 Å². The first-order chi connectivity index (χ1) is 6.27. The summed E-state index contributed by atoms with van der Waals surface area (Å²) in [6.07, 6.45) is 4.55. The van der Waals surface area contributed by atoms with Crippen LogP contribution in [0.25, 0.3) is 0 Å². The zero-order valence-electron chi connectivity index (χ0n) is 8.45. The van der Waals surface area contributed by atoms with Crippen molar-refractivity contribution >= 4 is 5.84 Å². The highest BCUT2D eigenvalue weighted by Crippen LogP contribution is 2.18. The monoisotopic (exact) mass is 179 g/mol. The van der Waals surface area contributed by atoms with Gasteiger partial charge in [0.05, 0.1) is 6.54 Å². The quantitative estimate of drug-likeness (QED) is 0.628. The topological polar surface area (TPSA) is 18.8 Å². The number of likely N-dealkylation sites (N-methyl/N-ethyl adjacent to an activating group) is 1. The molecule has 0 fully saturated rings. The van der Waals surface area contributed by atoms with E-state index in [-0.39, 0.29) is 0 Å². The Kier molecular flexibility index (Phi) is 2.25. The molecule has 13 heavy (non-hydrogen) atoms. The van der Waals surface area contributed by atoms with Crippen LogP contribution >= 0.6 is 0 Å². The van der Waals surface area contributed by atoms with Crippen LogP contribution in [-0.2, 0) is 0 Å². The molecule has 0 amide bonds. The van der Waals surface area contributed by atoms with Crippen molar-refractivity contribution in [2.45, 2.75) is 12.8 Å². The summed E-state index contributed by atoms with van der Waals surface area (Å²) in [6.45, 7) is 3.24. The van der Waals surface area contributed by atoms with Crippen molar-refractivity contribution in [3.8, 4) is 0 Å². The second-order valence-electron chi connectivity index (χ2n) is 3.80. The summed E-state index contributed by atoms with van der Waals surface area (Å²) >= 11 is 0. The maximum atomic E-state index is 4.49. The second-order valence-corrected chi connectivity index (χ2v) is 3.80. The summed E-state index contributed by atoms with van der Waals surface area (Å²) < 4.78 is 0. The summed E-state index contributed by atoms with van der Waals surface area (Å²) in [5.41, 5.74) is 1.44. The Labute approximate surface area is 79.7 Å². The van der Waals surface area contributed by atoms with Crippen LogP contribution in [0.1, 0.15) is 12.8 Å². The molecule has 0 bridgehead atoms. The van der Waals surface area contributed by atoms with Crippen molar-refractivity contribution in [2.24, 2.45) is 4.99 Å². The highest BCUT2D eigenvalue weighted by atomic mass is 15.2. The second kappa shape index (κ2) is 3.40. The fraction of sp³-hybridized carbons (Fsp3) is 0.700. The van der Waals surface area contributed by atoms with E-state index in [1.807, 2.05) is 0 Å². The molecule has 0 saturated carbocycles. The highest BCUT2D eigenvalue weighted by Gasteiger charge is 2.17. The molecular formula is C10H17N3. The van der Waals surface area contributed by atoms with Gasteiger partial charge in [-0.2, -0.15) is 0 Å². The zero-order valence-corrected chi connectivity index (χ0v) is 8.45. The normalized spacial score (nSPS) is 22.3. The van der Waals surface area contributed by atoms with Gasteiger partial charge in [-0.3, -0.25) is 4.99 Å². The number of aliphatic imine (C=N–C) groups is 1. The number of hydrogen-bond donors (Lipinski definition) is 0. The number of rotatable bonds is 2. The van der Waals surface area contributed by atoms with E-state index in [2.05, 4.69) is 35.0 Å². The third-order valence-electron chi connectivity index (χ3n) is 2.84. The first-order valence-electron chi connectivity index (χ1n) is 4.92. The van der Waals surface area contributed by atoms with Gasteiger partial charge in [-0.15, -0.1) is 0 Å². The molecule has 0 radical (unpaired) electrons. The van der Waals surface area contributed by atoms with Crippen LogP contribution < -0.4 is 0 Å². The molecule has 0 aromatic carbocycles. The van der Waals surface area contributed by atoms with Crippen LogP contribution in [0.5, 0.6) is 0 Å². The minimum atomic E-state index is 0.975. The van der Waals surface area contributed by atoms with Gasteiger partial charge in [0.2, 0.25) is 0 Å². The van der Waals surface area contributed by atoms with Crippen molar-refractivity contribution in [3.63, 3.8) is 0 Å². The summed E-state index contributed by atoms with van der Waals surface area (Å²) in [6, 6.07) is 0. The smallest absolute Gasteiger partial charge is 0.105 e. The Morgan fingerprint density at radius 3 is 2.69 bits per heavy atom. The maximum absolute atomic E-state index is 4.49. The van der Waals surface area contributed by atoms with Crippen LogP contribution in [0.4, 0.5) is 0 Å². The van der Waals surface area contributed by atoms with E-state index in [0.717, 1.165) is 19.5 Å². The largest absolute Gasteiger partial charge is 0.377 e. The zero-order chi connectivity index (χ0) is 9.26. The first kappa shape index (κ1) is 8.60. The molecule has 0 aromatic rings. The van der Waals surface area contributed by atoms with Gasteiger partial charge >= 0.3 is 0 Å². The Morgan fingerprint density at radius 1 is 1.31 bits per heavy atom. The van der Waals surface area contributed by atoms with Crippen LogP contribution in [0.2, 0.25) is 0 Å². The molecule has 2 aliphatic heterocycles. The molecule has 0 aliphatic carbocycles. The molecular weight excluding hydrogens is 162 g/mol. The lowest BCUT2D eigenvalue weighted by atomic mass is 10.2. The van der Waals surface area contributed by atoms with Crippen LogP contribution in [0.3, 0.4) is 0 Å². The molecule has 2 aliphatic rings. The molecule has 0 aromatic heterocycles. The van der Waals surface area contributed by atoms with Gasteiger partial charge in [-0.05, 0) is 6.42 Å². The van der Waals surface area contributed by atoms with Crippen molar-refractivity contribution in [1.29, 1.82) is 0 Å². The highest BCUT2D eigenvalue weighted by molar-refractivity contribution is 5.85. The first-order valence-corrected chi connectivity index (χ1v) is 4.92. The lowest BCUT2D eigenvalue weighted by Crippen LogP contribution is -2.25. The van der Waals surface area contributed by atoms with E-state index in [1.54, 1.807) is 0 Å². The Bertz CT molecular complexity index is 229. The number of nitrogens with zero attached hydrogens (tertiary/aromatic N) is 3. The fourth-order valence-corrected chi connectivity index (χ4v) is 1.86. The summed E-state index contributed by atoms with van der Waals surface area (Å²) in [4.78, 5) is 9.07. The van der Waals surface area contributed by atoms with Crippen LogP contribution in [-0.4, -0.2) is 49.4 Å². The summed E-state index contributed by atoms with van der Waals surface area (Å²) in [5.74, 6) is 1.25. The molecule has 3 heteroatoms. The summed E-state index contributed by atoms with van der Waals surface area (Å²) in [7, 11) is 4.29. The molecule has 72 valence electrons. The Balaban J connectivity index is 1.97. The van der Waals surface area contributed by atoms with Gasteiger partial charge in [0.25, 0.3) is 0 Å². The van der Waals surface area contributed by atoms with E-state index in [4.69, 9.17) is 0 Å². The predicted molar refractivity (Wildman–Crippen MR) is 54.9 cm³/mol. The molecule has 0 unspecified atom stereocenters. The van der Waals surface area contributed by atoms with Crippen molar-refractivity contribution in [1.82, 2.24) is 9.80 Å². The molecule has 0 spiro atoms. The van der Waals surface area contributed by atoms with Gasteiger partial charge in [-0.1, -0.05) is 6.08 Å². The van der Waals surface area contributed by atoms with Crippen molar-refractivity contribution in [2.75, 3.05) is 33.7 Å². The van der Waals surface area contributed by atoms with E-state index in [9.17, 15) is 0 Å². The molecule has 3 nitrogen and oxygen atoms in total. The lowest BCUT2D eigenvalue weighted by molar-refractivity contribution is 0.447. The predicted octanol–water partition coefficient (Wildman–Crippen LogP) is 0.940. The maximum Gasteiger partial charge on any atom is 0.105 e. The van der Waals surface area contributed by atoms with Crippen LogP contribution in [0, 0.1) is 0 Å². The lowest BCUT2D eigenvalue weighted by Gasteiger charge is -2.19. The van der Waals surface area contributed by atoms with Crippen molar-refractivity contribution < 1.29 is 0 Å². The molecule has 0 atom stereocenters. The Hall–Kier alpha value is -0.990. The van der Waals surface area contributed by atoms with E-state index >= 15 is 0 Å². The van der Waals surface area contributed by atoms with Gasteiger partial charge in [-0.25, -0.2) is 0 Å². The molecule has 0 N–H and O–H groups in total. The van der Waals surface area contributed by atoms with Crippen LogP contribution in [0.15, 0.2) is 16.8 Å². The summed E-state index contributed by atoms with van der Waals surface area (Å²) in [5, 5.41) is 0. The van der Waals surface area contributed by atoms with Gasteiger partial charge in [0, 0.05) is 39.3 Å². The van der Waals surface area contributed by atoms with Crippen molar-refractivity contribution in [3.05, 3.63) is 11.8 Å².